The lowest BCUT2D eigenvalue weighted by Gasteiger charge is -2.12. The third-order valence-electron chi connectivity index (χ3n) is 6.25. The molecule has 0 amide bonds. The van der Waals surface area contributed by atoms with Crippen LogP contribution in [0, 0.1) is 18.5 Å². The molecule has 0 radical (unpaired) electrons. The first-order chi connectivity index (χ1) is 19.5. The molecule has 0 N–H and O–H groups in total. The van der Waals surface area contributed by atoms with Gasteiger partial charge in [-0.1, -0.05) is 48.5 Å². The smallest absolute Gasteiger partial charge is 0.282 e. The number of aromatic nitrogens is 2. The van der Waals surface area contributed by atoms with Gasteiger partial charge in [0.25, 0.3) is 5.56 Å². The summed E-state index contributed by atoms with van der Waals surface area (Å²) >= 11 is 4.43. The molecule has 7 nitrogen and oxygen atoms in total. The van der Waals surface area contributed by atoms with Gasteiger partial charge in [-0.25, -0.2) is 4.98 Å². The largest absolute Gasteiger partial charge is 0.487 e. The standard InChI is InChI=1S/C31H18I2N4O3/c32-24-13-19(14-25(33)29(24)39-18-22-9-2-1-8-21(22)16-34)17-35-37-30(28-15-20-7-3-6-12-27(20)40-28)36-26-11-5-4-10-23(26)31(37)38/h1-15,17H,18H2. The molecular weight excluding hydrogens is 730 g/mol. The number of para-hydroxylation sites is 2. The van der Waals surface area contributed by atoms with Gasteiger partial charge in [-0.3, -0.25) is 4.79 Å². The predicted molar refractivity (Wildman–Crippen MR) is 172 cm³/mol. The van der Waals surface area contributed by atoms with E-state index in [0.717, 1.165) is 29.4 Å². The minimum absolute atomic E-state index is 0.280. The number of fused-ring (bicyclic) bond motifs is 2. The minimum atomic E-state index is -0.294. The van der Waals surface area contributed by atoms with Crippen LogP contribution in [-0.4, -0.2) is 15.9 Å². The van der Waals surface area contributed by atoms with E-state index >= 15 is 0 Å². The monoisotopic (exact) mass is 748 g/mol. The molecule has 0 spiro atoms. The Labute approximate surface area is 256 Å². The maximum atomic E-state index is 13.5. The molecule has 0 bridgehead atoms. The summed E-state index contributed by atoms with van der Waals surface area (Å²) in [6.45, 7) is 0.280. The van der Waals surface area contributed by atoms with Gasteiger partial charge < -0.3 is 9.15 Å². The van der Waals surface area contributed by atoms with Crippen LogP contribution in [0.3, 0.4) is 0 Å². The average molecular weight is 748 g/mol. The lowest BCUT2D eigenvalue weighted by Crippen LogP contribution is -2.20. The van der Waals surface area contributed by atoms with Crippen molar-refractivity contribution in [1.29, 1.82) is 5.26 Å². The van der Waals surface area contributed by atoms with E-state index in [2.05, 4.69) is 56.4 Å². The van der Waals surface area contributed by atoms with E-state index in [1.54, 1.807) is 30.5 Å². The highest BCUT2D eigenvalue weighted by atomic mass is 127. The number of hydrogen-bond donors (Lipinski definition) is 0. The number of nitrogens with zero attached hydrogens (tertiary/aromatic N) is 4. The van der Waals surface area contributed by atoms with Crippen LogP contribution in [-0.2, 0) is 6.61 Å². The fourth-order valence-corrected chi connectivity index (χ4v) is 6.43. The van der Waals surface area contributed by atoms with Gasteiger partial charge in [0.15, 0.2) is 5.76 Å². The first kappa shape index (κ1) is 26.2. The maximum Gasteiger partial charge on any atom is 0.282 e. The first-order valence-electron chi connectivity index (χ1n) is 12.2. The van der Waals surface area contributed by atoms with E-state index in [0.29, 0.717) is 33.6 Å². The van der Waals surface area contributed by atoms with Gasteiger partial charge in [0.1, 0.15) is 17.9 Å². The van der Waals surface area contributed by atoms with Crippen molar-refractivity contribution in [2.45, 2.75) is 6.61 Å². The van der Waals surface area contributed by atoms with Crippen molar-refractivity contribution in [1.82, 2.24) is 9.66 Å². The summed E-state index contributed by atoms with van der Waals surface area (Å²) < 4.78 is 15.2. The lowest BCUT2D eigenvalue weighted by molar-refractivity contribution is 0.301. The normalized spacial score (nSPS) is 11.3. The molecule has 0 saturated heterocycles. The van der Waals surface area contributed by atoms with Crippen LogP contribution in [0.25, 0.3) is 33.5 Å². The Morgan fingerprint density at radius 3 is 2.50 bits per heavy atom. The van der Waals surface area contributed by atoms with Crippen molar-refractivity contribution in [3.05, 3.63) is 125 Å². The number of benzene rings is 4. The van der Waals surface area contributed by atoms with Crippen LogP contribution in [0.1, 0.15) is 16.7 Å². The highest BCUT2D eigenvalue weighted by Gasteiger charge is 2.17. The van der Waals surface area contributed by atoms with Crippen LogP contribution >= 0.6 is 45.2 Å². The van der Waals surface area contributed by atoms with E-state index in [-0.39, 0.29) is 12.2 Å². The number of ether oxygens (including phenoxy) is 1. The van der Waals surface area contributed by atoms with E-state index in [4.69, 9.17) is 14.1 Å². The molecule has 0 unspecified atom stereocenters. The molecule has 0 aliphatic carbocycles. The average Bonchev–Trinajstić information content (AvgIpc) is 3.41. The molecule has 0 aliphatic heterocycles. The first-order valence-corrected chi connectivity index (χ1v) is 14.3. The van der Waals surface area contributed by atoms with E-state index in [1.165, 1.54) is 4.68 Å². The summed E-state index contributed by atoms with van der Waals surface area (Å²) in [6, 6.07) is 30.1. The van der Waals surface area contributed by atoms with E-state index in [9.17, 15) is 10.1 Å². The molecule has 2 heterocycles. The van der Waals surface area contributed by atoms with Crippen molar-refractivity contribution < 1.29 is 9.15 Å². The van der Waals surface area contributed by atoms with Crippen LogP contribution in [0.2, 0.25) is 0 Å². The maximum absolute atomic E-state index is 13.5. The topological polar surface area (TPSA) is 93.4 Å². The van der Waals surface area contributed by atoms with Gasteiger partial charge in [-0.15, -0.1) is 0 Å². The van der Waals surface area contributed by atoms with Gasteiger partial charge in [-0.2, -0.15) is 15.0 Å². The number of halogens is 2. The Balaban J connectivity index is 1.37. The fraction of sp³-hybridized carbons (Fsp3) is 0.0323. The Kier molecular flexibility index (Phi) is 7.36. The third-order valence-corrected chi connectivity index (χ3v) is 7.86. The van der Waals surface area contributed by atoms with Gasteiger partial charge in [0, 0.05) is 10.9 Å². The van der Waals surface area contributed by atoms with Crippen LogP contribution in [0.15, 0.2) is 105 Å². The van der Waals surface area contributed by atoms with Gasteiger partial charge in [-0.05, 0) is 93.2 Å². The Bertz CT molecular complexity index is 1980. The summed E-state index contributed by atoms with van der Waals surface area (Å²) in [4.78, 5) is 18.3. The molecular formula is C31H18I2N4O3. The Morgan fingerprint density at radius 1 is 0.975 bits per heavy atom. The van der Waals surface area contributed by atoms with Crippen LogP contribution in [0.4, 0.5) is 0 Å². The fourth-order valence-electron chi connectivity index (χ4n) is 4.30. The second kappa shape index (κ2) is 11.2. The molecule has 0 fully saturated rings. The van der Waals surface area contributed by atoms with Crippen LogP contribution in [0.5, 0.6) is 5.75 Å². The van der Waals surface area contributed by atoms with Crippen molar-refractivity contribution in [2.75, 3.05) is 0 Å². The van der Waals surface area contributed by atoms with Gasteiger partial charge in [0.05, 0.1) is 35.9 Å². The lowest BCUT2D eigenvalue weighted by atomic mass is 10.1. The molecule has 4 aromatic carbocycles. The van der Waals surface area contributed by atoms with Crippen LogP contribution < -0.4 is 10.3 Å². The SMILES string of the molecule is N#Cc1ccccc1COc1c(I)cc(C=Nn2c(-c3cc4ccccc4o3)nc3ccccc3c2=O)cc1I. The third kappa shape index (κ3) is 5.12. The number of hydrogen-bond acceptors (Lipinski definition) is 6. The molecule has 40 heavy (non-hydrogen) atoms. The molecule has 0 saturated carbocycles. The molecule has 6 aromatic rings. The number of furan rings is 1. The summed E-state index contributed by atoms with van der Waals surface area (Å²) in [5.41, 5.74) is 3.17. The van der Waals surface area contributed by atoms with E-state index < -0.39 is 0 Å². The highest BCUT2D eigenvalue weighted by molar-refractivity contribution is 14.1. The molecule has 6 rings (SSSR count). The molecule has 9 heteroatoms. The highest BCUT2D eigenvalue weighted by Crippen LogP contribution is 2.30. The Hall–Kier alpha value is -4.02. The Morgan fingerprint density at radius 2 is 1.70 bits per heavy atom. The summed E-state index contributed by atoms with van der Waals surface area (Å²) in [7, 11) is 0. The quantitative estimate of drug-likeness (QED) is 0.131. The summed E-state index contributed by atoms with van der Waals surface area (Å²) in [5.74, 6) is 1.49. The zero-order valence-electron chi connectivity index (χ0n) is 20.7. The van der Waals surface area contributed by atoms with Crippen molar-refractivity contribution in [2.24, 2.45) is 5.10 Å². The van der Waals surface area contributed by atoms with Crippen molar-refractivity contribution >= 4 is 73.3 Å². The van der Waals surface area contributed by atoms with Crippen molar-refractivity contribution in [3.63, 3.8) is 0 Å². The van der Waals surface area contributed by atoms with E-state index in [1.807, 2.05) is 66.7 Å². The van der Waals surface area contributed by atoms with Gasteiger partial charge >= 0.3 is 0 Å². The zero-order chi connectivity index (χ0) is 27.6. The van der Waals surface area contributed by atoms with Gasteiger partial charge in [0.2, 0.25) is 5.82 Å². The predicted octanol–water partition coefficient (Wildman–Crippen LogP) is 7.35. The van der Waals surface area contributed by atoms with Crippen molar-refractivity contribution in [3.8, 4) is 23.4 Å². The second-order valence-electron chi connectivity index (χ2n) is 8.83. The molecule has 2 aromatic heterocycles. The summed E-state index contributed by atoms with van der Waals surface area (Å²) in [6.07, 6.45) is 1.63. The number of rotatable bonds is 6. The summed E-state index contributed by atoms with van der Waals surface area (Å²) in [5, 5.41) is 15.3. The molecule has 0 aliphatic rings. The number of nitriles is 1. The second-order valence-corrected chi connectivity index (χ2v) is 11.2. The zero-order valence-corrected chi connectivity index (χ0v) is 25.0. The molecule has 0 atom stereocenters. The molecule has 194 valence electrons. The minimum Gasteiger partial charge on any atom is -0.487 e.